The molecule has 0 saturated carbocycles. The van der Waals surface area contributed by atoms with Gasteiger partial charge in [-0.25, -0.2) is 0 Å². The molecule has 0 radical (unpaired) electrons. The van der Waals surface area contributed by atoms with Crippen LogP contribution in [-0.4, -0.2) is 17.9 Å². The number of unbranched alkanes of at least 4 members (excludes halogenated alkanes) is 6. The van der Waals surface area contributed by atoms with E-state index in [9.17, 15) is 4.57 Å². The second kappa shape index (κ2) is 13.4. The third-order valence-corrected chi connectivity index (χ3v) is 6.87. The Morgan fingerprint density at radius 3 is 1.74 bits per heavy atom. The smallest absolute Gasteiger partial charge is 0.306 e. The van der Waals surface area contributed by atoms with Crippen LogP contribution in [0.5, 0.6) is 0 Å². The van der Waals surface area contributed by atoms with E-state index in [2.05, 4.69) is 13.8 Å². The van der Waals surface area contributed by atoms with Gasteiger partial charge in [-0.05, 0) is 33.6 Å². The Morgan fingerprint density at radius 2 is 1.26 bits per heavy atom. The molecule has 23 heavy (non-hydrogen) atoms. The molecule has 0 amide bonds. The van der Waals surface area contributed by atoms with Crippen LogP contribution in [0.1, 0.15) is 106 Å². The van der Waals surface area contributed by atoms with Crippen molar-refractivity contribution in [2.24, 2.45) is 0 Å². The van der Waals surface area contributed by atoms with Crippen molar-refractivity contribution in [2.45, 2.75) is 124 Å². The van der Waals surface area contributed by atoms with E-state index in [1.165, 1.54) is 38.5 Å². The summed E-state index contributed by atoms with van der Waals surface area (Å²) < 4.78 is 25.0. The second-order valence-electron chi connectivity index (χ2n) is 7.16. The zero-order valence-corrected chi connectivity index (χ0v) is 17.4. The van der Waals surface area contributed by atoms with E-state index < -0.39 is 7.60 Å². The Labute approximate surface area is 145 Å². The van der Waals surface area contributed by atoms with Gasteiger partial charge in [-0.1, -0.05) is 72.1 Å². The van der Waals surface area contributed by atoms with Gasteiger partial charge >= 0.3 is 7.60 Å². The molecule has 0 spiro atoms. The molecule has 0 aromatic carbocycles. The Morgan fingerprint density at radius 1 is 0.739 bits per heavy atom. The van der Waals surface area contributed by atoms with Crippen molar-refractivity contribution in [3.05, 3.63) is 0 Å². The first kappa shape index (κ1) is 23.1. The standard InChI is InChI=1S/C19H41O3P/c1-7-9-11-13-15-18(5)22-23(20,21-17(3)4)19(6)16-14-12-10-8-2/h17-19H,7-16H2,1-6H3. The second-order valence-corrected chi connectivity index (χ2v) is 9.54. The highest BCUT2D eigenvalue weighted by molar-refractivity contribution is 7.54. The number of hydrogen-bond acceptors (Lipinski definition) is 3. The average molecular weight is 349 g/mol. The lowest BCUT2D eigenvalue weighted by atomic mass is 10.1. The molecule has 0 aromatic heterocycles. The van der Waals surface area contributed by atoms with Crippen molar-refractivity contribution in [1.29, 1.82) is 0 Å². The van der Waals surface area contributed by atoms with Gasteiger partial charge in [0.15, 0.2) is 0 Å². The molecular formula is C19H41O3P. The van der Waals surface area contributed by atoms with E-state index >= 15 is 0 Å². The summed E-state index contributed by atoms with van der Waals surface area (Å²) in [5.41, 5.74) is -0.0140. The monoisotopic (exact) mass is 348 g/mol. The highest BCUT2D eigenvalue weighted by Gasteiger charge is 2.34. The summed E-state index contributed by atoms with van der Waals surface area (Å²) in [6.45, 7) is 12.4. The molecule has 140 valence electrons. The summed E-state index contributed by atoms with van der Waals surface area (Å²) in [7, 11) is -3.03. The van der Waals surface area contributed by atoms with E-state index in [-0.39, 0.29) is 17.9 Å². The molecule has 0 aromatic rings. The van der Waals surface area contributed by atoms with Gasteiger partial charge in [0.25, 0.3) is 0 Å². The lowest BCUT2D eigenvalue weighted by molar-refractivity contribution is 0.123. The van der Waals surface area contributed by atoms with Gasteiger partial charge in [-0.15, -0.1) is 0 Å². The largest absolute Gasteiger partial charge is 0.333 e. The molecular weight excluding hydrogens is 307 g/mol. The summed E-state index contributed by atoms with van der Waals surface area (Å²) in [6.07, 6.45) is 11.5. The van der Waals surface area contributed by atoms with Crippen LogP contribution in [0.25, 0.3) is 0 Å². The summed E-state index contributed by atoms with van der Waals surface area (Å²) in [5.74, 6) is 0. The Kier molecular flexibility index (Phi) is 13.5. The topological polar surface area (TPSA) is 35.5 Å². The fraction of sp³-hybridized carbons (Fsp3) is 1.00. The van der Waals surface area contributed by atoms with Crippen LogP contribution in [-0.2, 0) is 13.6 Å². The fourth-order valence-electron chi connectivity index (χ4n) is 2.71. The molecule has 0 saturated heterocycles. The summed E-state index contributed by atoms with van der Waals surface area (Å²) in [4.78, 5) is 0. The van der Waals surface area contributed by atoms with Gasteiger partial charge in [0.05, 0.1) is 17.9 Å². The first-order valence-electron chi connectivity index (χ1n) is 9.82. The van der Waals surface area contributed by atoms with Crippen LogP contribution in [0.4, 0.5) is 0 Å². The lowest BCUT2D eigenvalue weighted by Crippen LogP contribution is -2.17. The molecule has 0 heterocycles. The molecule has 3 nitrogen and oxygen atoms in total. The van der Waals surface area contributed by atoms with Crippen LogP contribution in [0.15, 0.2) is 0 Å². The predicted molar refractivity (Wildman–Crippen MR) is 101 cm³/mol. The molecule has 3 unspecified atom stereocenters. The van der Waals surface area contributed by atoms with Gasteiger partial charge in [-0.2, -0.15) is 0 Å². The predicted octanol–water partition coefficient (Wildman–Crippen LogP) is 7.34. The van der Waals surface area contributed by atoms with Gasteiger partial charge < -0.3 is 9.05 Å². The average Bonchev–Trinajstić information content (AvgIpc) is 2.47. The Balaban J connectivity index is 4.47. The molecule has 0 fully saturated rings. The Hall–Kier alpha value is 0.150. The van der Waals surface area contributed by atoms with Gasteiger partial charge in [0, 0.05) is 0 Å². The molecule has 0 rings (SSSR count). The minimum atomic E-state index is -3.03. The molecule has 3 atom stereocenters. The van der Waals surface area contributed by atoms with Crippen molar-refractivity contribution in [1.82, 2.24) is 0 Å². The van der Waals surface area contributed by atoms with Crippen molar-refractivity contribution in [3.8, 4) is 0 Å². The first-order chi connectivity index (χ1) is 10.9. The van der Waals surface area contributed by atoms with E-state index in [0.29, 0.717) is 0 Å². The highest BCUT2D eigenvalue weighted by Crippen LogP contribution is 2.56. The number of rotatable bonds is 15. The van der Waals surface area contributed by atoms with Crippen molar-refractivity contribution in [3.63, 3.8) is 0 Å². The molecule has 0 bridgehead atoms. The minimum Gasteiger partial charge on any atom is -0.306 e. The fourth-order valence-corrected chi connectivity index (χ4v) is 4.87. The van der Waals surface area contributed by atoms with E-state index in [4.69, 9.17) is 9.05 Å². The van der Waals surface area contributed by atoms with Crippen LogP contribution in [0.2, 0.25) is 0 Å². The van der Waals surface area contributed by atoms with Gasteiger partial charge in [0.2, 0.25) is 0 Å². The zero-order chi connectivity index (χ0) is 17.7. The minimum absolute atomic E-state index is 0.00883. The summed E-state index contributed by atoms with van der Waals surface area (Å²) in [6, 6.07) is 0. The SMILES string of the molecule is CCCCCCC(C)OP(=O)(OC(C)C)C(C)CCCCCC. The molecule has 0 N–H and O–H groups in total. The lowest BCUT2D eigenvalue weighted by Gasteiger charge is -2.29. The molecule has 0 aliphatic carbocycles. The number of hydrogen-bond donors (Lipinski definition) is 0. The van der Waals surface area contributed by atoms with Crippen LogP contribution in [0, 0.1) is 0 Å². The maximum atomic E-state index is 13.2. The van der Waals surface area contributed by atoms with Crippen LogP contribution in [0.3, 0.4) is 0 Å². The van der Waals surface area contributed by atoms with Crippen molar-refractivity contribution >= 4 is 7.60 Å². The van der Waals surface area contributed by atoms with Gasteiger partial charge in [0.1, 0.15) is 0 Å². The maximum Gasteiger partial charge on any atom is 0.333 e. The van der Waals surface area contributed by atoms with Crippen molar-refractivity contribution < 1.29 is 13.6 Å². The van der Waals surface area contributed by atoms with E-state index in [0.717, 1.165) is 25.7 Å². The van der Waals surface area contributed by atoms with E-state index in [1.807, 2.05) is 27.7 Å². The summed E-state index contributed by atoms with van der Waals surface area (Å²) in [5, 5.41) is 0. The van der Waals surface area contributed by atoms with Crippen LogP contribution < -0.4 is 0 Å². The quantitative estimate of drug-likeness (QED) is 0.229. The maximum absolute atomic E-state index is 13.2. The van der Waals surface area contributed by atoms with E-state index in [1.54, 1.807) is 0 Å². The molecule has 4 heteroatoms. The normalized spacial score (nSPS) is 17.2. The third kappa shape index (κ3) is 11.3. The summed E-state index contributed by atoms with van der Waals surface area (Å²) >= 11 is 0. The van der Waals surface area contributed by atoms with Crippen molar-refractivity contribution in [2.75, 3.05) is 0 Å². The van der Waals surface area contributed by atoms with Gasteiger partial charge in [-0.3, -0.25) is 4.57 Å². The highest BCUT2D eigenvalue weighted by atomic mass is 31.2. The van der Waals surface area contributed by atoms with Crippen LogP contribution >= 0.6 is 7.60 Å². The zero-order valence-electron chi connectivity index (χ0n) is 16.5. The Bertz CT molecular complexity index is 318. The first-order valence-corrected chi connectivity index (χ1v) is 11.4. The molecule has 0 aliphatic rings. The third-order valence-electron chi connectivity index (χ3n) is 4.16. The molecule has 0 aliphatic heterocycles.